The van der Waals surface area contributed by atoms with E-state index in [4.69, 9.17) is 10.5 Å². The first-order valence-corrected chi connectivity index (χ1v) is 8.77. The van der Waals surface area contributed by atoms with Gasteiger partial charge in [-0.25, -0.2) is 14.8 Å². The van der Waals surface area contributed by atoms with Gasteiger partial charge in [0.2, 0.25) is 5.82 Å². The van der Waals surface area contributed by atoms with Crippen LogP contribution >= 0.6 is 0 Å². The Morgan fingerprint density at radius 1 is 0.967 bits per heavy atom. The van der Waals surface area contributed by atoms with Crippen molar-refractivity contribution < 1.29 is 9.53 Å². The molecule has 0 saturated heterocycles. The van der Waals surface area contributed by atoms with E-state index in [0.29, 0.717) is 16.8 Å². The van der Waals surface area contributed by atoms with Gasteiger partial charge in [-0.1, -0.05) is 12.1 Å². The summed E-state index contributed by atoms with van der Waals surface area (Å²) in [6.07, 6.45) is 8.40. The molecule has 0 N–H and O–H groups in total. The summed E-state index contributed by atoms with van der Waals surface area (Å²) in [5.74, 6) is -0.333. The second-order valence-electron chi connectivity index (χ2n) is 5.91. The number of ether oxygens (including phenoxy) is 1. The van der Waals surface area contributed by atoms with Crippen molar-refractivity contribution in [3.63, 3.8) is 0 Å². The highest BCUT2D eigenvalue weighted by molar-refractivity contribution is 5.86. The Kier molecular flexibility index (Phi) is 6.34. The van der Waals surface area contributed by atoms with Crippen molar-refractivity contribution in [3.8, 4) is 23.5 Å². The van der Waals surface area contributed by atoms with Gasteiger partial charge in [-0.3, -0.25) is 4.57 Å². The third kappa shape index (κ3) is 4.58. The summed E-state index contributed by atoms with van der Waals surface area (Å²) in [6.45, 7) is 0. The number of nitrogens with zero attached hydrogens (tertiary/aromatic N) is 6. The van der Waals surface area contributed by atoms with E-state index < -0.39 is 5.97 Å². The van der Waals surface area contributed by atoms with Crippen molar-refractivity contribution in [1.82, 2.24) is 19.1 Å². The molecule has 0 amide bonds. The summed E-state index contributed by atoms with van der Waals surface area (Å²) in [5, 5.41) is 17.5. The van der Waals surface area contributed by atoms with E-state index in [1.807, 2.05) is 35.0 Å². The van der Waals surface area contributed by atoms with Crippen LogP contribution in [0.1, 0.15) is 21.7 Å². The monoisotopic (exact) mass is 396 g/mol. The maximum Gasteiger partial charge on any atom is 0.374 e. The molecule has 2 heterocycles. The van der Waals surface area contributed by atoms with Gasteiger partial charge in [0.05, 0.1) is 36.7 Å². The molecule has 0 spiro atoms. The molecule has 8 heteroatoms. The minimum absolute atomic E-state index is 0.183. The quantitative estimate of drug-likeness (QED) is 0.492. The fourth-order valence-electron chi connectivity index (χ4n) is 2.63. The predicted octanol–water partition coefficient (Wildman–Crippen LogP) is 3.27. The molecule has 0 radical (unpaired) electrons. The van der Waals surface area contributed by atoms with E-state index in [-0.39, 0.29) is 5.82 Å². The normalized spacial score (nSPS) is 9.57. The van der Waals surface area contributed by atoms with E-state index in [1.54, 1.807) is 53.6 Å². The third-order valence-corrected chi connectivity index (χ3v) is 4.04. The molecule has 4 aromatic rings. The first kappa shape index (κ1) is 20.1. The van der Waals surface area contributed by atoms with Crippen molar-refractivity contribution in [3.05, 3.63) is 96.6 Å². The van der Waals surface area contributed by atoms with E-state index in [1.165, 1.54) is 13.3 Å². The number of nitriles is 2. The third-order valence-electron chi connectivity index (χ3n) is 4.04. The second-order valence-corrected chi connectivity index (χ2v) is 5.91. The summed E-state index contributed by atoms with van der Waals surface area (Å²) >= 11 is 0. The highest BCUT2D eigenvalue weighted by Gasteiger charge is 2.14. The molecular weight excluding hydrogens is 380 g/mol. The van der Waals surface area contributed by atoms with E-state index in [2.05, 4.69) is 20.8 Å². The SMILES string of the molecule is COC(=O)c1nccn1-c1cccc(C#N)c1.N#Cc1cccc(-n2ccnc2)c1. The van der Waals surface area contributed by atoms with Gasteiger partial charge in [-0.15, -0.1) is 0 Å². The Hall–Kier alpha value is -4.69. The van der Waals surface area contributed by atoms with Crippen LogP contribution in [0.5, 0.6) is 0 Å². The standard InChI is InChI=1S/C12H9N3O2.C10H7N3/c1-17-12(16)11-14-5-6-15(11)10-4-2-3-9(7-10)8-13;11-7-9-2-1-3-10(6-9)13-5-4-12-8-13/h2-7H,1H3;1-6,8H. The van der Waals surface area contributed by atoms with Gasteiger partial charge in [0.15, 0.2) is 0 Å². The maximum atomic E-state index is 11.5. The molecule has 0 aliphatic heterocycles. The van der Waals surface area contributed by atoms with Crippen molar-refractivity contribution >= 4 is 5.97 Å². The molecule has 0 bridgehead atoms. The predicted molar refractivity (Wildman–Crippen MR) is 108 cm³/mol. The van der Waals surface area contributed by atoms with Crippen molar-refractivity contribution in [2.45, 2.75) is 0 Å². The van der Waals surface area contributed by atoms with Gasteiger partial charge in [0.1, 0.15) is 0 Å². The first-order valence-electron chi connectivity index (χ1n) is 8.77. The molecule has 2 aromatic heterocycles. The lowest BCUT2D eigenvalue weighted by Gasteiger charge is -2.06. The van der Waals surface area contributed by atoms with Gasteiger partial charge in [0, 0.05) is 36.2 Å². The molecule has 0 saturated carbocycles. The van der Waals surface area contributed by atoms with Gasteiger partial charge in [-0.2, -0.15) is 10.5 Å². The number of carbonyl (C=O) groups excluding carboxylic acids is 1. The summed E-state index contributed by atoms with van der Waals surface area (Å²) in [4.78, 5) is 19.3. The van der Waals surface area contributed by atoms with Crippen molar-refractivity contribution in [2.75, 3.05) is 7.11 Å². The van der Waals surface area contributed by atoms with Crippen LogP contribution in [0, 0.1) is 22.7 Å². The van der Waals surface area contributed by atoms with Crippen molar-refractivity contribution in [1.29, 1.82) is 10.5 Å². The summed E-state index contributed by atoms with van der Waals surface area (Å²) in [6, 6.07) is 18.4. The summed E-state index contributed by atoms with van der Waals surface area (Å²) in [7, 11) is 1.30. The lowest BCUT2D eigenvalue weighted by molar-refractivity contribution is 0.0584. The number of imidazole rings is 2. The van der Waals surface area contributed by atoms with Gasteiger partial charge < -0.3 is 9.30 Å². The molecule has 2 aromatic carbocycles. The fourth-order valence-corrected chi connectivity index (χ4v) is 2.63. The Morgan fingerprint density at radius 3 is 2.23 bits per heavy atom. The minimum Gasteiger partial charge on any atom is -0.463 e. The lowest BCUT2D eigenvalue weighted by Crippen LogP contribution is -2.10. The minimum atomic E-state index is -0.516. The smallest absolute Gasteiger partial charge is 0.374 e. The van der Waals surface area contributed by atoms with Crippen LogP contribution in [0.3, 0.4) is 0 Å². The molecule has 8 nitrogen and oxygen atoms in total. The van der Waals surface area contributed by atoms with Crippen molar-refractivity contribution in [2.24, 2.45) is 0 Å². The number of hydrogen-bond donors (Lipinski definition) is 0. The average Bonchev–Trinajstić information content (AvgIpc) is 3.51. The van der Waals surface area contributed by atoms with Gasteiger partial charge >= 0.3 is 5.97 Å². The molecule has 0 aliphatic rings. The van der Waals surface area contributed by atoms with Gasteiger partial charge in [0.25, 0.3) is 0 Å². The van der Waals surface area contributed by atoms with Crippen LogP contribution in [-0.4, -0.2) is 32.2 Å². The topological polar surface area (TPSA) is 110 Å². The average molecular weight is 396 g/mol. The Bertz CT molecular complexity index is 1230. The first-order chi connectivity index (χ1) is 14.7. The number of methoxy groups -OCH3 is 1. The van der Waals surface area contributed by atoms with Crippen LogP contribution in [-0.2, 0) is 4.74 Å². The fraction of sp³-hybridized carbons (Fsp3) is 0.0455. The largest absolute Gasteiger partial charge is 0.463 e. The van der Waals surface area contributed by atoms with Crippen LogP contribution in [0.15, 0.2) is 79.6 Å². The zero-order chi connectivity index (χ0) is 21.3. The lowest BCUT2D eigenvalue weighted by atomic mass is 10.2. The molecule has 0 atom stereocenters. The Labute approximate surface area is 172 Å². The maximum absolute atomic E-state index is 11.5. The van der Waals surface area contributed by atoms with Crippen LogP contribution in [0.25, 0.3) is 11.4 Å². The zero-order valence-electron chi connectivity index (χ0n) is 16.0. The number of rotatable bonds is 3. The van der Waals surface area contributed by atoms with E-state index >= 15 is 0 Å². The Balaban J connectivity index is 0.000000177. The second kappa shape index (κ2) is 9.49. The molecule has 146 valence electrons. The van der Waals surface area contributed by atoms with Crippen LogP contribution in [0.4, 0.5) is 0 Å². The zero-order valence-corrected chi connectivity index (χ0v) is 16.0. The van der Waals surface area contributed by atoms with Crippen LogP contribution in [0.2, 0.25) is 0 Å². The van der Waals surface area contributed by atoms with Gasteiger partial charge in [-0.05, 0) is 36.4 Å². The molecule has 4 rings (SSSR count). The molecule has 0 aliphatic carbocycles. The molecular formula is C22H16N6O2. The highest BCUT2D eigenvalue weighted by Crippen LogP contribution is 2.13. The molecule has 0 unspecified atom stereocenters. The number of benzene rings is 2. The summed E-state index contributed by atoms with van der Waals surface area (Å²) in [5.41, 5.74) is 2.83. The highest BCUT2D eigenvalue weighted by atomic mass is 16.5. The van der Waals surface area contributed by atoms with E-state index in [9.17, 15) is 4.79 Å². The number of carbonyl (C=O) groups is 1. The van der Waals surface area contributed by atoms with E-state index in [0.717, 1.165) is 5.69 Å². The molecule has 0 fully saturated rings. The number of hydrogen-bond acceptors (Lipinski definition) is 6. The number of aromatic nitrogens is 4. The summed E-state index contributed by atoms with van der Waals surface area (Å²) < 4.78 is 8.06. The van der Waals surface area contributed by atoms with Crippen LogP contribution < -0.4 is 0 Å². The number of esters is 1. The Morgan fingerprint density at radius 2 is 1.63 bits per heavy atom. The molecule has 30 heavy (non-hydrogen) atoms.